The van der Waals surface area contributed by atoms with Crippen LogP contribution in [0.25, 0.3) is 33.0 Å². The highest BCUT2D eigenvalue weighted by Gasteiger charge is 2.42. The SMILES string of the molecule is C=CC(C)(C)n1cc(C2=C(OCCCC)C(=O)C(c3cn(C(C)(C)C=C)c4ccccc34)=C(OC(C)=O)C2=O)c2ccccc21. The number of carbonyl (C=O) groups excluding carboxylic acids is 3. The number of ether oxygens (including phenoxy) is 2. The molecule has 0 unspecified atom stereocenters. The van der Waals surface area contributed by atoms with Crippen molar-refractivity contribution in [3.05, 3.63) is 109 Å². The molecule has 0 saturated heterocycles. The molecule has 0 spiro atoms. The molecule has 0 N–H and O–H groups in total. The minimum atomic E-state index is -0.705. The maximum atomic E-state index is 14.8. The number of nitrogens with zero attached hydrogens (tertiary/aromatic N) is 2. The summed E-state index contributed by atoms with van der Waals surface area (Å²) in [6.07, 6.45) is 8.84. The summed E-state index contributed by atoms with van der Waals surface area (Å²) in [4.78, 5) is 42.0. The second-order valence-electron chi connectivity index (χ2n) is 12.4. The van der Waals surface area contributed by atoms with Gasteiger partial charge in [0, 0.05) is 52.3 Å². The maximum absolute atomic E-state index is 14.8. The zero-order valence-electron chi connectivity index (χ0n) is 26.9. The van der Waals surface area contributed by atoms with Gasteiger partial charge >= 0.3 is 5.97 Å². The molecule has 5 rings (SSSR count). The largest absolute Gasteiger partial charge is 0.489 e. The number of unbranched alkanes of at least 4 members (excludes halogenated alkanes) is 1. The van der Waals surface area contributed by atoms with E-state index in [1.54, 1.807) is 0 Å². The van der Waals surface area contributed by atoms with Crippen molar-refractivity contribution in [2.45, 2.75) is 65.5 Å². The molecular weight excluding hydrogens is 564 g/mol. The molecule has 7 heteroatoms. The highest BCUT2D eigenvalue weighted by Crippen LogP contribution is 2.43. The third-order valence-corrected chi connectivity index (χ3v) is 8.51. The molecule has 45 heavy (non-hydrogen) atoms. The molecule has 2 aromatic carbocycles. The highest BCUT2D eigenvalue weighted by molar-refractivity contribution is 6.48. The van der Waals surface area contributed by atoms with Crippen molar-refractivity contribution in [2.75, 3.05) is 6.61 Å². The zero-order chi connectivity index (χ0) is 32.7. The Labute approximate surface area is 264 Å². The van der Waals surface area contributed by atoms with E-state index in [1.807, 2.05) is 117 Å². The maximum Gasteiger partial charge on any atom is 0.308 e. The van der Waals surface area contributed by atoms with E-state index in [1.165, 1.54) is 6.92 Å². The summed E-state index contributed by atoms with van der Waals surface area (Å²) < 4.78 is 15.9. The van der Waals surface area contributed by atoms with Crippen molar-refractivity contribution in [3.63, 3.8) is 0 Å². The first-order valence-electron chi connectivity index (χ1n) is 15.3. The number of aromatic nitrogens is 2. The molecule has 0 bridgehead atoms. The van der Waals surface area contributed by atoms with Crippen molar-refractivity contribution in [1.29, 1.82) is 0 Å². The molecule has 0 fully saturated rings. The summed E-state index contributed by atoms with van der Waals surface area (Å²) in [5.41, 5.74) is 1.72. The molecule has 0 radical (unpaired) electrons. The fourth-order valence-electron chi connectivity index (χ4n) is 5.76. The van der Waals surface area contributed by atoms with Crippen molar-refractivity contribution in [2.24, 2.45) is 0 Å². The molecule has 7 nitrogen and oxygen atoms in total. The number of esters is 1. The van der Waals surface area contributed by atoms with E-state index in [2.05, 4.69) is 13.2 Å². The Kier molecular flexibility index (Phi) is 8.32. The van der Waals surface area contributed by atoms with E-state index in [4.69, 9.17) is 9.47 Å². The fraction of sp³-hybridized carbons (Fsp3) is 0.289. The first kappa shape index (κ1) is 31.5. The minimum Gasteiger partial charge on any atom is -0.489 e. The summed E-state index contributed by atoms with van der Waals surface area (Å²) in [5, 5.41) is 1.49. The number of hydrogen-bond donors (Lipinski definition) is 0. The molecule has 2 heterocycles. The van der Waals surface area contributed by atoms with Crippen LogP contribution in [0.15, 0.2) is 97.8 Å². The van der Waals surface area contributed by atoms with Crippen molar-refractivity contribution >= 4 is 50.5 Å². The standard InChI is InChI=1S/C38H40N2O5/c1-9-12-21-44-35-31(27-22-39(37(5,6)10-2)29-19-15-13-17-25(27)29)34(43)36(45-24(4)41)32(33(35)42)28-23-40(38(7,8)11-3)30-20-16-14-18-26(28)30/h10-11,13-20,22-23H,2-3,9,12,21H2,1,4-8H3. The lowest BCUT2D eigenvalue weighted by molar-refractivity contribution is -0.139. The number of Topliss-reactive ketones (excluding diaryl/α,β-unsaturated/α-hetero) is 2. The van der Waals surface area contributed by atoms with Crippen LogP contribution in [-0.4, -0.2) is 33.3 Å². The van der Waals surface area contributed by atoms with Crippen LogP contribution in [0, 0.1) is 0 Å². The van der Waals surface area contributed by atoms with E-state index in [0.717, 1.165) is 28.2 Å². The van der Waals surface area contributed by atoms with E-state index >= 15 is 0 Å². The van der Waals surface area contributed by atoms with Gasteiger partial charge in [-0.3, -0.25) is 14.4 Å². The fourth-order valence-corrected chi connectivity index (χ4v) is 5.76. The molecule has 2 aromatic heterocycles. The van der Waals surface area contributed by atoms with Crippen LogP contribution in [0.5, 0.6) is 0 Å². The molecule has 1 aliphatic rings. The predicted octanol–water partition coefficient (Wildman–Crippen LogP) is 8.09. The van der Waals surface area contributed by atoms with Gasteiger partial charge < -0.3 is 18.6 Å². The number of carbonyl (C=O) groups is 3. The Bertz CT molecular complexity index is 1940. The van der Waals surface area contributed by atoms with Crippen LogP contribution in [0.4, 0.5) is 0 Å². The van der Waals surface area contributed by atoms with Crippen LogP contribution in [0.2, 0.25) is 0 Å². The van der Waals surface area contributed by atoms with Crippen LogP contribution >= 0.6 is 0 Å². The van der Waals surface area contributed by atoms with Gasteiger partial charge in [0.15, 0.2) is 11.5 Å². The normalized spacial score (nSPS) is 14.4. The highest BCUT2D eigenvalue weighted by atomic mass is 16.5. The van der Waals surface area contributed by atoms with E-state index in [0.29, 0.717) is 17.5 Å². The summed E-state index contributed by atoms with van der Waals surface area (Å²) in [5.74, 6) is -2.19. The summed E-state index contributed by atoms with van der Waals surface area (Å²) in [6, 6.07) is 15.3. The number of allylic oxidation sites excluding steroid dienone is 4. The smallest absolute Gasteiger partial charge is 0.308 e. The first-order chi connectivity index (χ1) is 21.4. The zero-order valence-corrected chi connectivity index (χ0v) is 26.9. The Morgan fingerprint density at radius 3 is 1.67 bits per heavy atom. The van der Waals surface area contributed by atoms with Gasteiger partial charge in [-0.15, -0.1) is 13.2 Å². The summed E-state index contributed by atoms with van der Waals surface area (Å²) in [6.45, 7) is 19.5. The average Bonchev–Trinajstić information content (AvgIpc) is 3.60. The first-order valence-corrected chi connectivity index (χ1v) is 15.3. The number of para-hydroxylation sites is 2. The second-order valence-corrected chi connectivity index (χ2v) is 12.4. The van der Waals surface area contributed by atoms with E-state index in [-0.39, 0.29) is 29.3 Å². The van der Waals surface area contributed by atoms with Crippen LogP contribution in [0.3, 0.4) is 0 Å². The van der Waals surface area contributed by atoms with Gasteiger partial charge in [0.25, 0.3) is 0 Å². The van der Waals surface area contributed by atoms with E-state index in [9.17, 15) is 14.4 Å². The van der Waals surface area contributed by atoms with Crippen LogP contribution in [0.1, 0.15) is 65.5 Å². The molecule has 4 aromatic rings. The predicted molar refractivity (Wildman–Crippen MR) is 179 cm³/mol. The van der Waals surface area contributed by atoms with Gasteiger partial charge in [-0.2, -0.15) is 0 Å². The summed E-state index contributed by atoms with van der Waals surface area (Å²) in [7, 11) is 0. The van der Waals surface area contributed by atoms with Gasteiger partial charge in [0.1, 0.15) is 0 Å². The van der Waals surface area contributed by atoms with Gasteiger partial charge in [-0.25, -0.2) is 0 Å². The molecule has 1 aliphatic carbocycles. The molecule has 0 atom stereocenters. The van der Waals surface area contributed by atoms with Gasteiger partial charge in [-0.1, -0.05) is 61.9 Å². The average molecular weight is 605 g/mol. The summed E-state index contributed by atoms with van der Waals surface area (Å²) >= 11 is 0. The lowest BCUT2D eigenvalue weighted by atomic mass is 9.85. The number of hydrogen-bond acceptors (Lipinski definition) is 5. The Hall–Kier alpha value is -4.91. The van der Waals surface area contributed by atoms with Gasteiger partial charge in [0.2, 0.25) is 11.6 Å². The number of fused-ring (bicyclic) bond motifs is 2. The molecule has 0 amide bonds. The second kappa shape index (κ2) is 11.9. The van der Waals surface area contributed by atoms with Crippen molar-refractivity contribution in [3.8, 4) is 0 Å². The quantitative estimate of drug-likeness (QED) is 0.0748. The van der Waals surface area contributed by atoms with Crippen molar-refractivity contribution < 1.29 is 23.9 Å². The lowest BCUT2D eigenvalue weighted by Crippen LogP contribution is -2.27. The third kappa shape index (κ3) is 5.37. The third-order valence-electron chi connectivity index (χ3n) is 8.51. The monoisotopic (exact) mass is 604 g/mol. The Morgan fingerprint density at radius 1 is 0.778 bits per heavy atom. The number of rotatable bonds is 11. The van der Waals surface area contributed by atoms with Gasteiger partial charge in [0.05, 0.1) is 28.8 Å². The van der Waals surface area contributed by atoms with Crippen LogP contribution in [-0.2, 0) is 34.9 Å². The Morgan fingerprint density at radius 2 is 1.22 bits per heavy atom. The van der Waals surface area contributed by atoms with Gasteiger partial charge in [-0.05, 0) is 46.2 Å². The molecular formula is C38H40N2O5. The van der Waals surface area contributed by atoms with Crippen molar-refractivity contribution in [1.82, 2.24) is 9.13 Å². The molecule has 232 valence electrons. The number of ketones is 2. The Balaban J connectivity index is 1.85. The minimum absolute atomic E-state index is 0.00424. The van der Waals surface area contributed by atoms with E-state index < -0.39 is 28.6 Å². The number of benzene rings is 2. The lowest BCUT2D eigenvalue weighted by Gasteiger charge is -2.25. The topological polar surface area (TPSA) is 79.5 Å². The molecule has 0 saturated carbocycles. The molecule has 0 aliphatic heterocycles. The van der Waals surface area contributed by atoms with Crippen LogP contribution < -0.4 is 0 Å².